The molecule has 0 fully saturated rings. The molecule has 8 heteroatoms. The summed E-state index contributed by atoms with van der Waals surface area (Å²) in [5.41, 5.74) is 5.48. The molecule has 3 aromatic rings. The molecule has 0 aromatic heterocycles. The minimum absolute atomic E-state index is 0.0654. The normalized spacial score (nSPS) is 16.3. The molecule has 0 spiro atoms. The number of hydrogen-bond acceptors (Lipinski definition) is 4. The van der Waals surface area contributed by atoms with Gasteiger partial charge in [-0.1, -0.05) is 48.0 Å². The van der Waals surface area contributed by atoms with Crippen molar-refractivity contribution in [1.82, 2.24) is 10.6 Å². The fourth-order valence-electron chi connectivity index (χ4n) is 4.31. The minimum Gasteiger partial charge on any atom is -0.331 e. The van der Waals surface area contributed by atoms with E-state index in [1.54, 1.807) is 12.1 Å². The van der Waals surface area contributed by atoms with Gasteiger partial charge in [-0.25, -0.2) is 13.2 Å². The van der Waals surface area contributed by atoms with Crippen LogP contribution in [0.3, 0.4) is 0 Å². The summed E-state index contributed by atoms with van der Waals surface area (Å²) in [6.45, 7) is 6.70. The third-order valence-corrected chi connectivity index (χ3v) is 8.52. The van der Waals surface area contributed by atoms with E-state index >= 15 is 0 Å². The van der Waals surface area contributed by atoms with Gasteiger partial charge in [-0.05, 0) is 79.3 Å². The molecule has 184 valence electrons. The summed E-state index contributed by atoms with van der Waals surface area (Å²) in [6.07, 6.45) is 0.889. The maximum atomic E-state index is 13.0. The summed E-state index contributed by atoms with van der Waals surface area (Å²) < 4.78 is 26.0. The fourth-order valence-corrected chi connectivity index (χ4v) is 5.94. The monoisotopic (exact) mass is 511 g/mol. The number of hydrogen-bond donors (Lipinski definition) is 3. The third kappa shape index (κ3) is 6.04. The predicted molar refractivity (Wildman–Crippen MR) is 141 cm³/mol. The molecule has 6 nitrogen and oxygen atoms in total. The molecule has 0 saturated heterocycles. The average Bonchev–Trinajstić information content (AvgIpc) is 2.80. The topological polar surface area (TPSA) is 87.3 Å². The highest BCUT2D eigenvalue weighted by Gasteiger charge is 2.19. The maximum Gasteiger partial charge on any atom is 0.319 e. The maximum absolute atomic E-state index is 13.0. The first-order chi connectivity index (χ1) is 16.6. The van der Waals surface area contributed by atoms with E-state index in [0.717, 1.165) is 29.7 Å². The Labute approximate surface area is 212 Å². The average molecular weight is 512 g/mol. The van der Waals surface area contributed by atoms with Crippen molar-refractivity contribution in [2.45, 2.75) is 56.5 Å². The third-order valence-electron chi connectivity index (χ3n) is 6.30. The van der Waals surface area contributed by atoms with Gasteiger partial charge in [-0.15, -0.1) is 0 Å². The molecule has 1 aliphatic heterocycles. The van der Waals surface area contributed by atoms with E-state index in [1.807, 2.05) is 50.2 Å². The van der Waals surface area contributed by atoms with E-state index in [9.17, 15) is 13.2 Å². The molecule has 0 aliphatic carbocycles. The summed E-state index contributed by atoms with van der Waals surface area (Å²) in [7, 11) is -3.52. The molecule has 4 rings (SSSR count). The van der Waals surface area contributed by atoms with Crippen LogP contribution in [0.25, 0.3) is 0 Å². The molecule has 3 N–H and O–H groups in total. The van der Waals surface area contributed by atoms with E-state index < -0.39 is 15.9 Å². The molecule has 0 radical (unpaired) electrons. The number of sulfone groups is 1. The van der Waals surface area contributed by atoms with E-state index in [0.29, 0.717) is 16.8 Å². The van der Waals surface area contributed by atoms with Crippen molar-refractivity contribution >= 4 is 33.2 Å². The van der Waals surface area contributed by atoms with E-state index in [1.165, 1.54) is 23.3 Å². The van der Waals surface area contributed by atoms with Crippen molar-refractivity contribution in [3.05, 3.63) is 93.5 Å². The molecule has 2 amide bonds. The van der Waals surface area contributed by atoms with Crippen LogP contribution in [-0.2, 0) is 28.6 Å². The molecular weight excluding hydrogens is 482 g/mol. The Bertz CT molecular complexity index is 1340. The first-order valence-corrected chi connectivity index (χ1v) is 13.6. The minimum atomic E-state index is -3.52. The molecule has 0 saturated carbocycles. The number of halogens is 1. The van der Waals surface area contributed by atoms with Gasteiger partial charge in [0.15, 0.2) is 9.84 Å². The Balaban J connectivity index is 1.39. The lowest BCUT2D eigenvalue weighted by Gasteiger charge is -2.23. The number of nitrogens with one attached hydrogen (secondary N) is 3. The Morgan fingerprint density at radius 3 is 2.60 bits per heavy atom. The number of amides is 2. The van der Waals surface area contributed by atoms with Gasteiger partial charge in [-0.2, -0.15) is 0 Å². The van der Waals surface area contributed by atoms with Crippen molar-refractivity contribution in [2.75, 3.05) is 5.32 Å². The number of carbonyl (C=O) groups is 1. The zero-order valence-corrected chi connectivity index (χ0v) is 21.6. The van der Waals surface area contributed by atoms with Crippen LogP contribution in [-0.4, -0.2) is 20.5 Å². The smallest absolute Gasteiger partial charge is 0.319 e. The van der Waals surface area contributed by atoms with Gasteiger partial charge in [0.05, 0.1) is 16.7 Å². The van der Waals surface area contributed by atoms with Crippen molar-refractivity contribution < 1.29 is 13.2 Å². The summed E-state index contributed by atoms with van der Waals surface area (Å²) >= 11 is 6.36. The first-order valence-electron chi connectivity index (χ1n) is 11.6. The van der Waals surface area contributed by atoms with Gasteiger partial charge in [0.2, 0.25) is 0 Å². The summed E-state index contributed by atoms with van der Waals surface area (Å²) in [4.78, 5) is 12.7. The van der Waals surface area contributed by atoms with Crippen LogP contribution >= 0.6 is 11.6 Å². The number of aryl methyl sites for hydroxylation is 1. The second-order valence-corrected chi connectivity index (χ2v) is 11.5. The van der Waals surface area contributed by atoms with E-state index in [4.69, 9.17) is 11.6 Å². The second kappa shape index (κ2) is 10.4. The fraction of sp³-hybridized carbons (Fsp3) is 0.296. The number of rotatable bonds is 6. The Hall–Kier alpha value is -2.87. The number of carbonyl (C=O) groups excluding carboxylic acids is 1. The van der Waals surface area contributed by atoms with Gasteiger partial charge < -0.3 is 16.0 Å². The SMILES string of the molecule is Cc1cccc(C(C)NC(=O)Nc2ccc(S(=O)(=O)Cc3ccc4c(c3)CC(C)NC4)cc2)c1Cl. The Morgan fingerprint density at radius 2 is 1.86 bits per heavy atom. The largest absolute Gasteiger partial charge is 0.331 e. The van der Waals surface area contributed by atoms with Crippen molar-refractivity contribution in [3.8, 4) is 0 Å². The Morgan fingerprint density at radius 1 is 1.11 bits per heavy atom. The molecule has 0 bridgehead atoms. The lowest BCUT2D eigenvalue weighted by molar-refractivity contribution is 0.249. The summed E-state index contributed by atoms with van der Waals surface area (Å²) in [6, 6.07) is 17.5. The summed E-state index contributed by atoms with van der Waals surface area (Å²) in [5, 5.41) is 9.65. The highest BCUT2D eigenvalue weighted by atomic mass is 35.5. The van der Waals surface area contributed by atoms with Crippen LogP contribution in [0.2, 0.25) is 5.02 Å². The summed E-state index contributed by atoms with van der Waals surface area (Å²) in [5.74, 6) is -0.0654. The van der Waals surface area contributed by atoms with Crippen molar-refractivity contribution in [1.29, 1.82) is 0 Å². The molecule has 35 heavy (non-hydrogen) atoms. The predicted octanol–water partition coefficient (Wildman–Crippen LogP) is 5.54. The zero-order chi connectivity index (χ0) is 25.2. The quantitative estimate of drug-likeness (QED) is 0.405. The van der Waals surface area contributed by atoms with E-state index in [2.05, 4.69) is 22.9 Å². The van der Waals surface area contributed by atoms with Crippen LogP contribution in [0.4, 0.5) is 10.5 Å². The van der Waals surface area contributed by atoms with Crippen molar-refractivity contribution in [3.63, 3.8) is 0 Å². The van der Waals surface area contributed by atoms with Gasteiger partial charge in [-0.3, -0.25) is 0 Å². The van der Waals surface area contributed by atoms with Crippen LogP contribution in [0.5, 0.6) is 0 Å². The molecular formula is C27H30ClN3O3S. The number of fused-ring (bicyclic) bond motifs is 1. The highest BCUT2D eigenvalue weighted by molar-refractivity contribution is 7.90. The Kier molecular flexibility index (Phi) is 7.50. The van der Waals surface area contributed by atoms with Gasteiger partial charge >= 0.3 is 6.03 Å². The second-order valence-electron chi connectivity index (χ2n) is 9.17. The zero-order valence-electron chi connectivity index (χ0n) is 20.1. The van der Waals surface area contributed by atoms with Crippen LogP contribution < -0.4 is 16.0 Å². The van der Waals surface area contributed by atoms with Gasteiger partial charge in [0.25, 0.3) is 0 Å². The van der Waals surface area contributed by atoms with Gasteiger partial charge in [0.1, 0.15) is 0 Å². The molecule has 3 aromatic carbocycles. The number of benzene rings is 3. The van der Waals surface area contributed by atoms with Crippen LogP contribution in [0.1, 0.15) is 47.7 Å². The molecule has 1 aliphatic rings. The number of anilines is 1. The van der Waals surface area contributed by atoms with Crippen LogP contribution in [0.15, 0.2) is 65.6 Å². The molecule has 2 atom stereocenters. The van der Waals surface area contributed by atoms with Gasteiger partial charge in [0, 0.05) is 23.3 Å². The lowest BCUT2D eigenvalue weighted by Crippen LogP contribution is -2.32. The van der Waals surface area contributed by atoms with Crippen molar-refractivity contribution in [2.24, 2.45) is 0 Å². The first kappa shape index (κ1) is 25.2. The standard InChI is InChI=1S/C27H30ClN3O3S/c1-17-5-4-6-25(26(17)28)19(3)30-27(32)31-23-9-11-24(12-10-23)35(33,34)16-20-7-8-21-15-29-18(2)13-22(21)14-20/h4-12,14,18-19,29H,13,15-16H2,1-3H3,(H2,30,31,32). The van der Waals surface area contributed by atoms with E-state index in [-0.39, 0.29) is 16.7 Å². The highest BCUT2D eigenvalue weighted by Crippen LogP contribution is 2.26. The van der Waals surface area contributed by atoms with Crippen LogP contribution in [0, 0.1) is 6.92 Å². The molecule has 1 heterocycles. The number of urea groups is 1. The lowest BCUT2D eigenvalue weighted by atomic mass is 9.95. The molecule has 2 unspecified atom stereocenters.